The van der Waals surface area contributed by atoms with E-state index in [0.717, 1.165) is 18.4 Å². The number of amides is 4. The Kier molecular flexibility index (Phi) is 12.4. The molecule has 2 fully saturated rings. The molecule has 1 aliphatic carbocycles. The smallest absolute Gasteiger partial charge is 0.352 e. The quantitative estimate of drug-likeness (QED) is 0.166. The lowest BCUT2D eigenvalue weighted by atomic mass is 9.81. The second kappa shape index (κ2) is 16.9. The lowest BCUT2D eigenvalue weighted by Gasteiger charge is -2.32. The van der Waals surface area contributed by atoms with Gasteiger partial charge in [0.1, 0.15) is 23.7 Å². The molecule has 1 heterocycles. The van der Waals surface area contributed by atoms with Crippen molar-refractivity contribution in [1.82, 2.24) is 15.5 Å². The standard InChI is InChI=1S/C40H45ClN4O7/c1-4-7-35(47)45-34(25-28-10-18-32(52-3)19-11-28)37(48)44(36(45)29-12-14-30(41)15-13-29)31-16-8-27(9-17-31)24-33(38(49)50)43-39(51)40(20-5-6-21-40)22-23-42-26(2)46/h8-19,24,34,36H,4-7,20-23,25H2,1-3H3,(H,42,46)(H,43,51)(H,49,50). The third-order valence-electron chi connectivity index (χ3n) is 9.86. The molecule has 1 aliphatic heterocycles. The van der Waals surface area contributed by atoms with E-state index in [0.29, 0.717) is 59.8 Å². The first-order valence-corrected chi connectivity index (χ1v) is 18.0. The fraction of sp³-hybridized carbons (Fsp3) is 0.375. The number of hydrogen-bond donors (Lipinski definition) is 3. The van der Waals surface area contributed by atoms with Crippen LogP contribution in [-0.2, 0) is 30.4 Å². The van der Waals surface area contributed by atoms with Gasteiger partial charge in [-0.15, -0.1) is 0 Å². The minimum Gasteiger partial charge on any atom is -0.497 e. The highest BCUT2D eigenvalue weighted by atomic mass is 35.5. The highest BCUT2D eigenvalue weighted by Gasteiger charge is 2.49. The van der Waals surface area contributed by atoms with Crippen LogP contribution in [0.3, 0.4) is 0 Å². The van der Waals surface area contributed by atoms with Crippen molar-refractivity contribution in [1.29, 1.82) is 0 Å². The van der Waals surface area contributed by atoms with Crippen molar-refractivity contribution < 1.29 is 33.8 Å². The van der Waals surface area contributed by atoms with Gasteiger partial charge in [0.05, 0.1) is 12.5 Å². The van der Waals surface area contributed by atoms with Crippen LogP contribution in [-0.4, -0.2) is 59.3 Å². The van der Waals surface area contributed by atoms with Crippen LogP contribution < -0.4 is 20.3 Å². The summed E-state index contributed by atoms with van der Waals surface area (Å²) >= 11 is 6.24. The van der Waals surface area contributed by atoms with Crippen LogP contribution >= 0.6 is 11.6 Å². The summed E-state index contributed by atoms with van der Waals surface area (Å²) in [6, 6.07) is 20.4. The second-order valence-electron chi connectivity index (χ2n) is 13.4. The van der Waals surface area contributed by atoms with Gasteiger partial charge >= 0.3 is 5.97 Å². The highest BCUT2D eigenvalue weighted by molar-refractivity contribution is 6.30. The molecule has 5 rings (SSSR count). The van der Waals surface area contributed by atoms with Gasteiger partial charge < -0.3 is 25.4 Å². The number of anilines is 1. The van der Waals surface area contributed by atoms with Crippen LogP contribution in [0.4, 0.5) is 5.69 Å². The second-order valence-corrected chi connectivity index (χ2v) is 13.8. The first-order chi connectivity index (χ1) is 25.0. The van der Waals surface area contributed by atoms with Gasteiger partial charge in [-0.25, -0.2) is 4.79 Å². The Balaban J connectivity index is 1.47. The Bertz CT molecular complexity index is 1800. The van der Waals surface area contributed by atoms with Crippen molar-refractivity contribution in [3.63, 3.8) is 0 Å². The normalized spacial score (nSPS) is 18.3. The van der Waals surface area contributed by atoms with E-state index in [4.69, 9.17) is 16.3 Å². The summed E-state index contributed by atoms with van der Waals surface area (Å²) in [6.45, 7) is 3.66. The van der Waals surface area contributed by atoms with Crippen LogP contribution in [0.2, 0.25) is 5.02 Å². The van der Waals surface area contributed by atoms with Crippen molar-refractivity contribution >= 4 is 53.0 Å². The van der Waals surface area contributed by atoms with Gasteiger partial charge in [-0.3, -0.25) is 24.1 Å². The monoisotopic (exact) mass is 728 g/mol. The predicted molar refractivity (Wildman–Crippen MR) is 198 cm³/mol. The molecule has 1 saturated carbocycles. The van der Waals surface area contributed by atoms with Crippen LogP contribution in [0.25, 0.3) is 6.08 Å². The molecular formula is C40H45ClN4O7. The Labute approximate surface area is 309 Å². The number of carboxylic acids is 1. The topological polar surface area (TPSA) is 145 Å². The van der Waals surface area contributed by atoms with Gasteiger partial charge in [0.25, 0.3) is 5.91 Å². The van der Waals surface area contributed by atoms with E-state index in [9.17, 15) is 29.1 Å². The lowest BCUT2D eigenvalue weighted by Crippen LogP contribution is -2.42. The summed E-state index contributed by atoms with van der Waals surface area (Å²) in [5.41, 5.74) is 1.52. The van der Waals surface area contributed by atoms with Gasteiger partial charge in [0.2, 0.25) is 17.7 Å². The van der Waals surface area contributed by atoms with E-state index in [2.05, 4.69) is 10.6 Å². The zero-order chi connectivity index (χ0) is 37.4. The lowest BCUT2D eigenvalue weighted by molar-refractivity contribution is -0.137. The molecule has 12 heteroatoms. The Morgan fingerprint density at radius 3 is 2.21 bits per heavy atom. The third-order valence-corrected chi connectivity index (χ3v) is 10.1. The average molecular weight is 729 g/mol. The van der Waals surface area contributed by atoms with Gasteiger partial charge in [-0.2, -0.15) is 0 Å². The van der Waals surface area contributed by atoms with E-state index in [1.54, 1.807) is 53.3 Å². The van der Waals surface area contributed by atoms with Crippen molar-refractivity contribution in [2.75, 3.05) is 18.6 Å². The minimum atomic E-state index is -1.29. The molecule has 52 heavy (non-hydrogen) atoms. The first-order valence-electron chi connectivity index (χ1n) is 17.6. The maximum Gasteiger partial charge on any atom is 0.352 e. The van der Waals surface area contributed by atoms with E-state index in [-0.39, 0.29) is 42.2 Å². The third kappa shape index (κ3) is 8.65. The number of carboxylic acid groups (broad SMARTS) is 1. The van der Waals surface area contributed by atoms with Crippen molar-refractivity contribution in [3.8, 4) is 5.75 Å². The molecule has 4 amide bonds. The number of hydrogen-bond acceptors (Lipinski definition) is 6. The number of methoxy groups -OCH3 is 1. The van der Waals surface area contributed by atoms with E-state index < -0.39 is 23.6 Å². The number of carbonyl (C=O) groups excluding carboxylic acids is 4. The van der Waals surface area contributed by atoms with Gasteiger partial charge in [-0.05, 0) is 84.8 Å². The zero-order valence-electron chi connectivity index (χ0n) is 29.7. The molecule has 0 aromatic heterocycles. The molecule has 3 N–H and O–H groups in total. The molecule has 3 aromatic carbocycles. The number of nitrogens with zero attached hydrogens (tertiary/aromatic N) is 2. The fourth-order valence-corrected chi connectivity index (χ4v) is 7.28. The number of rotatable bonds is 14. The summed E-state index contributed by atoms with van der Waals surface area (Å²) in [5, 5.41) is 16.0. The van der Waals surface area contributed by atoms with E-state index in [1.807, 2.05) is 43.3 Å². The van der Waals surface area contributed by atoms with Crippen LogP contribution in [0.15, 0.2) is 78.5 Å². The molecule has 0 radical (unpaired) electrons. The van der Waals surface area contributed by atoms with E-state index in [1.165, 1.54) is 13.0 Å². The molecule has 2 atom stereocenters. The van der Waals surface area contributed by atoms with Crippen molar-refractivity contribution in [2.45, 2.75) is 77.4 Å². The summed E-state index contributed by atoms with van der Waals surface area (Å²) in [5.74, 6) is -1.60. The maximum absolute atomic E-state index is 14.5. The molecule has 2 unspecified atom stereocenters. The molecule has 274 valence electrons. The molecule has 1 saturated heterocycles. The van der Waals surface area contributed by atoms with Crippen molar-refractivity contribution in [2.24, 2.45) is 5.41 Å². The van der Waals surface area contributed by atoms with Crippen LogP contribution in [0.1, 0.15) is 81.6 Å². The largest absolute Gasteiger partial charge is 0.497 e. The molecule has 3 aromatic rings. The van der Waals surface area contributed by atoms with Crippen molar-refractivity contribution in [3.05, 3.63) is 100 Å². The highest BCUT2D eigenvalue weighted by Crippen LogP contribution is 2.42. The summed E-state index contributed by atoms with van der Waals surface area (Å²) in [4.78, 5) is 68.8. The Morgan fingerprint density at radius 1 is 0.981 bits per heavy atom. The summed E-state index contributed by atoms with van der Waals surface area (Å²) < 4.78 is 5.30. The van der Waals surface area contributed by atoms with Gasteiger partial charge in [0.15, 0.2) is 0 Å². The predicted octanol–water partition coefficient (Wildman–Crippen LogP) is 6.26. The van der Waals surface area contributed by atoms with Gasteiger partial charge in [0, 0.05) is 37.0 Å². The number of nitrogens with one attached hydrogen (secondary N) is 2. The molecule has 0 bridgehead atoms. The fourth-order valence-electron chi connectivity index (χ4n) is 7.16. The SMILES string of the molecule is CCCC(=O)N1C(Cc2ccc(OC)cc2)C(=O)N(c2ccc(C=C(NC(=O)C3(CCNC(C)=O)CCCC3)C(=O)O)cc2)C1c1ccc(Cl)cc1. The molecule has 0 spiro atoms. The molecule has 2 aliphatic rings. The number of halogens is 1. The Morgan fingerprint density at radius 2 is 1.63 bits per heavy atom. The number of ether oxygens (including phenoxy) is 1. The van der Waals surface area contributed by atoms with E-state index >= 15 is 0 Å². The number of aliphatic carboxylic acids is 1. The molecular weight excluding hydrogens is 684 g/mol. The number of benzene rings is 3. The average Bonchev–Trinajstić information content (AvgIpc) is 3.72. The van der Waals surface area contributed by atoms with Crippen LogP contribution in [0, 0.1) is 5.41 Å². The Hall–Kier alpha value is -5.16. The van der Waals surface area contributed by atoms with Crippen LogP contribution in [0.5, 0.6) is 5.75 Å². The maximum atomic E-state index is 14.5. The number of carbonyl (C=O) groups is 5. The summed E-state index contributed by atoms with van der Waals surface area (Å²) in [7, 11) is 1.58. The summed E-state index contributed by atoms with van der Waals surface area (Å²) in [6.07, 6.45) is 5.08. The zero-order valence-corrected chi connectivity index (χ0v) is 30.4. The van der Waals surface area contributed by atoms with Gasteiger partial charge in [-0.1, -0.05) is 67.8 Å². The minimum absolute atomic E-state index is 0.157. The molecule has 11 nitrogen and oxygen atoms in total. The first kappa shape index (κ1) is 38.1.